The zero-order valence-corrected chi connectivity index (χ0v) is 14.5. The number of non-ortho nitro benzene ring substituents is 1. The zero-order chi connectivity index (χ0) is 18.3. The molecular weight excluding hydrogens is 358 g/mol. The number of nitro groups is 1. The molecule has 0 bridgehead atoms. The van der Waals surface area contributed by atoms with Crippen molar-refractivity contribution in [2.24, 2.45) is 4.99 Å². The van der Waals surface area contributed by atoms with Gasteiger partial charge in [-0.3, -0.25) is 14.9 Å². The molecule has 9 heteroatoms. The van der Waals surface area contributed by atoms with Crippen LogP contribution in [0.25, 0.3) is 10.2 Å². The number of hydrogen-bond acceptors (Lipinski definition) is 6. The Morgan fingerprint density at radius 3 is 2.85 bits per heavy atom. The quantitative estimate of drug-likeness (QED) is 0.521. The van der Waals surface area contributed by atoms with Crippen molar-refractivity contribution in [2.45, 2.75) is 13.5 Å². The Kier molecular flexibility index (Phi) is 3.92. The van der Waals surface area contributed by atoms with Gasteiger partial charge in [-0.1, -0.05) is 11.3 Å². The van der Waals surface area contributed by atoms with E-state index < -0.39 is 10.8 Å². The van der Waals surface area contributed by atoms with Gasteiger partial charge in [0.25, 0.3) is 11.6 Å². The van der Waals surface area contributed by atoms with E-state index in [9.17, 15) is 14.9 Å². The fourth-order valence-electron chi connectivity index (χ4n) is 2.74. The van der Waals surface area contributed by atoms with Gasteiger partial charge in [0.05, 0.1) is 15.1 Å². The van der Waals surface area contributed by atoms with Gasteiger partial charge in [-0.15, -0.1) is 0 Å². The van der Waals surface area contributed by atoms with E-state index in [0.717, 1.165) is 4.70 Å². The Balaban J connectivity index is 1.80. The number of carbonyl (C=O) groups excluding carboxylic acids is 1. The lowest BCUT2D eigenvalue weighted by molar-refractivity contribution is -0.384. The van der Waals surface area contributed by atoms with E-state index in [1.165, 1.54) is 23.5 Å². The Morgan fingerprint density at radius 2 is 2.08 bits per heavy atom. The second-order valence-corrected chi connectivity index (χ2v) is 6.53. The Labute approximate surface area is 151 Å². The number of aryl methyl sites for hydroxylation is 1. The number of rotatable bonds is 3. The molecule has 1 aromatic heterocycles. The number of nitrogens with zero attached hydrogens (tertiary/aromatic N) is 3. The van der Waals surface area contributed by atoms with Crippen molar-refractivity contribution in [3.05, 3.63) is 56.9 Å². The summed E-state index contributed by atoms with van der Waals surface area (Å²) in [4.78, 5) is 27.8. The number of benzene rings is 2. The van der Waals surface area contributed by atoms with E-state index in [2.05, 4.69) is 4.99 Å². The molecule has 0 radical (unpaired) electrons. The van der Waals surface area contributed by atoms with Crippen LogP contribution in [0.15, 0.2) is 41.4 Å². The smallest absolute Gasteiger partial charge is 0.279 e. The molecule has 2 aromatic carbocycles. The summed E-state index contributed by atoms with van der Waals surface area (Å²) in [6.07, 6.45) is 0. The first kappa shape index (κ1) is 16.3. The van der Waals surface area contributed by atoms with Crippen LogP contribution in [0.2, 0.25) is 0 Å². The SMILES string of the molecule is CCn1c(=NC(=O)c2ccc3c(c2)OCO3)sc2ccc([N+](=O)[O-])cc21. The lowest BCUT2D eigenvalue weighted by atomic mass is 10.2. The minimum Gasteiger partial charge on any atom is -0.454 e. The molecule has 0 unspecified atom stereocenters. The van der Waals surface area contributed by atoms with Gasteiger partial charge in [0.15, 0.2) is 16.3 Å². The highest BCUT2D eigenvalue weighted by Gasteiger charge is 2.17. The summed E-state index contributed by atoms with van der Waals surface area (Å²) in [5, 5.41) is 11.0. The first-order chi connectivity index (χ1) is 12.6. The van der Waals surface area contributed by atoms with E-state index >= 15 is 0 Å². The number of hydrogen-bond donors (Lipinski definition) is 0. The Morgan fingerprint density at radius 1 is 1.27 bits per heavy atom. The fraction of sp³-hybridized carbons (Fsp3) is 0.176. The molecule has 0 atom stereocenters. The summed E-state index contributed by atoms with van der Waals surface area (Å²) in [5.74, 6) is 0.701. The van der Waals surface area contributed by atoms with Crippen LogP contribution in [-0.2, 0) is 6.54 Å². The Hall–Kier alpha value is -3.20. The van der Waals surface area contributed by atoms with Crippen molar-refractivity contribution < 1.29 is 19.2 Å². The van der Waals surface area contributed by atoms with E-state index in [1.807, 2.05) is 6.92 Å². The molecule has 2 heterocycles. The number of nitro benzene ring substituents is 1. The first-order valence-corrected chi connectivity index (χ1v) is 8.65. The van der Waals surface area contributed by atoms with Crippen molar-refractivity contribution in [2.75, 3.05) is 6.79 Å². The van der Waals surface area contributed by atoms with Crippen molar-refractivity contribution in [1.82, 2.24) is 4.57 Å². The van der Waals surface area contributed by atoms with Gasteiger partial charge < -0.3 is 14.0 Å². The third-order valence-electron chi connectivity index (χ3n) is 4.01. The molecule has 4 rings (SSSR count). The van der Waals surface area contributed by atoms with Gasteiger partial charge in [-0.25, -0.2) is 0 Å². The lowest BCUT2D eigenvalue weighted by Crippen LogP contribution is -2.15. The third-order valence-corrected chi connectivity index (χ3v) is 5.07. The molecule has 0 aliphatic carbocycles. The summed E-state index contributed by atoms with van der Waals surface area (Å²) < 4.78 is 13.1. The monoisotopic (exact) mass is 371 g/mol. The normalized spacial score (nSPS) is 13.3. The summed E-state index contributed by atoms with van der Waals surface area (Å²) in [7, 11) is 0. The van der Waals surface area contributed by atoms with Crippen molar-refractivity contribution >= 4 is 33.1 Å². The molecule has 26 heavy (non-hydrogen) atoms. The van der Waals surface area contributed by atoms with Gasteiger partial charge in [0, 0.05) is 24.2 Å². The van der Waals surface area contributed by atoms with Gasteiger partial charge in [-0.2, -0.15) is 4.99 Å². The summed E-state index contributed by atoms with van der Waals surface area (Å²) >= 11 is 1.31. The largest absolute Gasteiger partial charge is 0.454 e. The second-order valence-electron chi connectivity index (χ2n) is 5.52. The lowest BCUT2D eigenvalue weighted by Gasteiger charge is -2.01. The molecule has 3 aromatic rings. The standard InChI is InChI=1S/C17H13N3O5S/c1-2-19-12-8-11(20(22)23)4-6-15(12)26-17(19)18-16(21)10-3-5-13-14(7-10)25-9-24-13/h3-8H,2,9H2,1H3. The maximum atomic E-state index is 12.6. The van der Waals surface area contributed by atoms with Crippen LogP contribution in [0.4, 0.5) is 5.69 Å². The average Bonchev–Trinajstić information content (AvgIpc) is 3.23. The molecule has 1 amide bonds. The van der Waals surface area contributed by atoms with Gasteiger partial charge in [0.1, 0.15) is 0 Å². The van der Waals surface area contributed by atoms with Gasteiger partial charge in [0.2, 0.25) is 6.79 Å². The predicted octanol–water partition coefficient (Wildman–Crippen LogP) is 3.10. The molecule has 0 saturated carbocycles. The molecule has 0 saturated heterocycles. The molecule has 1 aliphatic rings. The summed E-state index contributed by atoms with van der Waals surface area (Å²) in [6.45, 7) is 2.57. The highest BCUT2D eigenvalue weighted by atomic mass is 32.1. The molecule has 0 spiro atoms. The molecular formula is C17H13N3O5S. The van der Waals surface area contributed by atoms with E-state index in [-0.39, 0.29) is 12.5 Å². The van der Waals surface area contributed by atoms with E-state index in [0.29, 0.717) is 33.9 Å². The molecule has 8 nitrogen and oxygen atoms in total. The number of fused-ring (bicyclic) bond motifs is 2. The minimum absolute atomic E-state index is 0.00569. The van der Waals surface area contributed by atoms with Crippen LogP contribution >= 0.6 is 11.3 Å². The van der Waals surface area contributed by atoms with E-state index in [1.54, 1.807) is 28.8 Å². The molecule has 132 valence electrons. The average molecular weight is 371 g/mol. The van der Waals surface area contributed by atoms with Gasteiger partial charge >= 0.3 is 0 Å². The summed E-state index contributed by atoms with van der Waals surface area (Å²) in [6, 6.07) is 9.53. The zero-order valence-electron chi connectivity index (χ0n) is 13.7. The first-order valence-electron chi connectivity index (χ1n) is 7.83. The predicted molar refractivity (Wildman–Crippen MR) is 94.6 cm³/mol. The van der Waals surface area contributed by atoms with Crippen LogP contribution in [-0.4, -0.2) is 22.2 Å². The third kappa shape index (κ3) is 2.72. The number of ether oxygens (including phenoxy) is 2. The summed E-state index contributed by atoms with van der Waals surface area (Å²) in [5.41, 5.74) is 1.08. The van der Waals surface area contributed by atoms with Crippen LogP contribution in [0.1, 0.15) is 17.3 Å². The van der Waals surface area contributed by atoms with Crippen LogP contribution in [0, 0.1) is 10.1 Å². The van der Waals surface area contributed by atoms with Crippen molar-refractivity contribution in [3.63, 3.8) is 0 Å². The number of aromatic nitrogens is 1. The highest BCUT2D eigenvalue weighted by Crippen LogP contribution is 2.32. The number of amides is 1. The number of thiazole rings is 1. The topological polar surface area (TPSA) is 96.0 Å². The molecule has 0 fully saturated rings. The number of carbonyl (C=O) groups is 1. The minimum atomic E-state index is -0.439. The highest BCUT2D eigenvalue weighted by molar-refractivity contribution is 7.16. The van der Waals surface area contributed by atoms with Crippen molar-refractivity contribution in [3.8, 4) is 11.5 Å². The van der Waals surface area contributed by atoms with Crippen LogP contribution < -0.4 is 14.3 Å². The van der Waals surface area contributed by atoms with Crippen LogP contribution in [0.5, 0.6) is 11.5 Å². The maximum absolute atomic E-state index is 12.6. The fourth-order valence-corrected chi connectivity index (χ4v) is 3.82. The Bertz CT molecular complexity index is 1120. The van der Waals surface area contributed by atoms with Crippen LogP contribution in [0.3, 0.4) is 0 Å². The van der Waals surface area contributed by atoms with Crippen molar-refractivity contribution in [1.29, 1.82) is 0 Å². The maximum Gasteiger partial charge on any atom is 0.279 e. The molecule has 0 N–H and O–H groups in total. The molecule has 1 aliphatic heterocycles. The second kappa shape index (κ2) is 6.26. The van der Waals surface area contributed by atoms with Gasteiger partial charge in [-0.05, 0) is 31.2 Å². The van der Waals surface area contributed by atoms with E-state index in [4.69, 9.17) is 9.47 Å².